The summed E-state index contributed by atoms with van der Waals surface area (Å²) >= 11 is 5.47. The minimum Gasteiger partial charge on any atom is -0.496 e. The summed E-state index contributed by atoms with van der Waals surface area (Å²) in [5, 5.41) is 0. The van der Waals surface area contributed by atoms with Gasteiger partial charge in [0.25, 0.3) is 0 Å². The lowest BCUT2D eigenvalue weighted by atomic mass is 10.2. The van der Waals surface area contributed by atoms with Gasteiger partial charge in [0.05, 0.1) is 13.0 Å². The molecule has 0 heterocycles. The van der Waals surface area contributed by atoms with Crippen molar-refractivity contribution in [3.05, 3.63) is 29.3 Å². The maximum atomic E-state index is 12.6. The molecule has 1 rings (SSSR count). The standard InChI is InChI=1S/C8H7ClF2O/c1-12-8-3-7(11)6(10)2-5(8)4-9/h2-3H,4H2,1H3. The fraction of sp³-hybridized carbons (Fsp3) is 0.250. The van der Waals surface area contributed by atoms with Gasteiger partial charge in [0, 0.05) is 11.6 Å². The van der Waals surface area contributed by atoms with E-state index in [0.29, 0.717) is 5.56 Å². The Kier molecular flexibility index (Phi) is 2.87. The summed E-state index contributed by atoms with van der Waals surface area (Å²) < 4.78 is 30.0. The molecule has 12 heavy (non-hydrogen) atoms. The van der Waals surface area contributed by atoms with Crippen LogP contribution in [0.15, 0.2) is 12.1 Å². The van der Waals surface area contributed by atoms with E-state index in [4.69, 9.17) is 16.3 Å². The van der Waals surface area contributed by atoms with E-state index in [1.165, 1.54) is 7.11 Å². The number of rotatable bonds is 2. The molecule has 1 aromatic rings. The molecule has 4 heteroatoms. The Morgan fingerprint density at radius 2 is 1.92 bits per heavy atom. The Morgan fingerprint density at radius 1 is 1.33 bits per heavy atom. The van der Waals surface area contributed by atoms with Gasteiger partial charge in [-0.2, -0.15) is 0 Å². The highest BCUT2D eigenvalue weighted by molar-refractivity contribution is 6.17. The van der Waals surface area contributed by atoms with Gasteiger partial charge in [0.2, 0.25) is 0 Å². The summed E-state index contributed by atoms with van der Waals surface area (Å²) in [4.78, 5) is 0. The largest absolute Gasteiger partial charge is 0.496 e. The first-order chi connectivity index (χ1) is 5.69. The van der Waals surface area contributed by atoms with Gasteiger partial charge in [-0.1, -0.05) is 0 Å². The molecule has 0 saturated heterocycles. The zero-order chi connectivity index (χ0) is 9.14. The van der Waals surface area contributed by atoms with Gasteiger partial charge in [-0.25, -0.2) is 8.78 Å². The Morgan fingerprint density at radius 3 is 2.42 bits per heavy atom. The van der Waals surface area contributed by atoms with E-state index in [1.807, 2.05) is 0 Å². The Balaban J connectivity index is 3.19. The van der Waals surface area contributed by atoms with Crippen LogP contribution in [0.25, 0.3) is 0 Å². The van der Waals surface area contributed by atoms with E-state index < -0.39 is 11.6 Å². The maximum Gasteiger partial charge on any atom is 0.162 e. The molecule has 0 radical (unpaired) electrons. The van der Waals surface area contributed by atoms with Gasteiger partial charge in [-0.15, -0.1) is 11.6 Å². The van der Waals surface area contributed by atoms with E-state index in [0.717, 1.165) is 12.1 Å². The van der Waals surface area contributed by atoms with Crippen LogP contribution in [0.3, 0.4) is 0 Å². The molecule has 0 aromatic heterocycles. The summed E-state index contributed by atoms with van der Waals surface area (Å²) in [6.07, 6.45) is 0. The zero-order valence-corrected chi connectivity index (χ0v) is 7.16. The molecule has 0 unspecified atom stereocenters. The minimum atomic E-state index is -0.930. The van der Waals surface area contributed by atoms with Crippen LogP contribution in [0, 0.1) is 11.6 Å². The Hall–Kier alpha value is -0.830. The third-order valence-corrected chi connectivity index (χ3v) is 1.76. The van der Waals surface area contributed by atoms with Crippen molar-refractivity contribution in [3.8, 4) is 5.75 Å². The molecule has 0 atom stereocenters. The normalized spacial score (nSPS) is 10.0. The second kappa shape index (κ2) is 3.72. The first-order valence-electron chi connectivity index (χ1n) is 3.27. The second-order valence-electron chi connectivity index (χ2n) is 2.21. The monoisotopic (exact) mass is 192 g/mol. The summed E-state index contributed by atoms with van der Waals surface area (Å²) in [6, 6.07) is 2.01. The third-order valence-electron chi connectivity index (χ3n) is 1.47. The van der Waals surface area contributed by atoms with Crippen molar-refractivity contribution in [2.75, 3.05) is 7.11 Å². The van der Waals surface area contributed by atoms with E-state index in [1.54, 1.807) is 0 Å². The van der Waals surface area contributed by atoms with Crippen molar-refractivity contribution in [2.45, 2.75) is 5.88 Å². The summed E-state index contributed by atoms with van der Waals surface area (Å²) in [5.41, 5.74) is 0.443. The lowest BCUT2D eigenvalue weighted by molar-refractivity contribution is 0.402. The third kappa shape index (κ3) is 1.67. The summed E-state index contributed by atoms with van der Waals surface area (Å²) in [7, 11) is 1.38. The number of methoxy groups -OCH3 is 1. The molecule has 0 spiro atoms. The van der Waals surface area contributed by atoms with Crippen LogP contribution in [-0.4, -0.2) is 7.11 Å². The molecular formula is C8H7ClF2O. The summed E-state index contributed by atoms with van der Waals surface area (Å²) in [6.45, 7) is 0. The SMILES string of the molecule is COc1cc(F)c(F)cc1CCl. The Labute approximate surface area is 73.9 Å². The zero-order valence-electron chi connectivity index (χ0n) is 6.40. The van der Waals surface area contributed by atoms with E-state index in [-0.39, 0.29) is 11.6 Å². The van der Waals surface area contributed by atoms with Crippen LogP contribution in [0.1, 0.15) is 5.56 Å². The molecule has 0 saturated carbocycles. The quantitative estimate of drug-likeness (QED) is 0.655. The molecule has 0 aliphatic carbocycles. The maximum absolute atomic E-state index is 12.6. The van der Waals surface area contributed by atoms with Gasteiger partial charge in [-0.05, 0) is 6.07 Å². The molecule has 1 aromatic carbocycles. The number of benzene rings is 1. The predicted octanol–water partition coefficient (Wildman–Crippen LogP) is 2.71. The molecule has 0 aliphatic rings. The molecule has 0 amide bonds. The van der Waals surface area contributed by atoms with Crippen LogP contribution < -0.4 is 4.74 Å². The molecule has 66 valence electrons. The number of hydrogen-bond donors (Lipinski definition) is 0. The van der Waals surface area contributed by atoms with Crippen LogP contribution in [0.2, 0.25) is 0 Å². The second-order valence-corrected chi connectivity index (χ2v) is 2.48. The van der Waals surface area contributed by atoms with Gasteiger partial charge in [-0.3, -0.25) is 0 Å². The van der Waals surface area contributed by atoms with E-state index in [9.17, 15) is 8.78 Å². The van der Waals surface area contributed by atoms with Crippen LogP contribution in [0.4, 0.5) is 8.78 Å². The van der Waals surface area contributed by atoms with Crippen molar-refractivity contribution in [1.82, 2.24) is 0 Å². The lowest BCUT2D eigenvalue weighted by Gasteiger charge is -2.05. The number of ether oxygens (including phenoxy) is 1. The first kappa shape index (κ1) is 9.26. The summed E-state index contributed by atoms with van der Waals surface area (Å²) in [5.74, 6) is -1.48. The van der Waals surface area contributed by atoms with Gasteiger partial charge in [0.1, 0.15) is 5.75 Å². The first-order valence-corrected chi connectivity index (χ1v) is 3.80. The highest BCUT2D eigenvalue weighted by Crippen LogP contribution is 2.23. The molecule has 0 fully saturated rings. The highest BCUT2D eigenvalue weighted by Gasteiger charge is 2.08. The smallest absolute Gasteiger partial charge is 0.162 e. The average Bonchev–Trinajstić information content (AvgIpc) is 2.09. The van der Waals surface area contributed by atoms with Crippen molar-refractivity contribution < 1.29 is 13.5 Å². The Bertz CT molecular complexity index is 260. The molecule has 1 nitrogen and oxygen atoms in total. The molecule has 0 aliphatic heterocycles. The van der Waals surface area contributed by atoms with Gasteiger partial charge < -0.3 is 4.74 Å². The van der Waals surface area contributed by atoms with Crippen LogP contribution in [-0.2, 0) is 5.88 Å². The number of hydrogen-bond acceptors (Lipinski definition) is 1. The number of halogens is 3. The highest BCUT2D eigenvalue weighted by atomic mass is 35.5. The van der Waals surface area contributed by atoms with Crippen molar-refractivity contribution in [1.29, 1.82) is 0 Å². The molecule has 0 N–H and O–H groups in total. The average molecular weight is 193 g/mol. The lowest BCUT2D eigenvalue weighted by Crippen LogP contribution is -1.93. The topological polar surface area (TPSA) is 9.23 Å². The fourth-order valence-electron chi connectivity index (χ4n) is 0.864. The van der Waals surface area contributed by atoms with E-state index >= 15 is 0 Å². The molecule has 0 bridgehead atoms. The minimum absolute atomic E-state index is 0.0976. The van der Waals surface area contributed by atoms with Gasteiger partial charge in [0.15, 0.2) is 11.6 Å². The molecular weight excluding hydrogens is 186 g/mol. The predicted molar refractivity (Wildman–Crippen MR) is 42.5 cm³/mol. The van der Waals surface area contributed by atoms with Gasteiger partial charge >= 0.3 is 0 Å². The van der Waals surface area contributed by atoms with Crippen LogP contribution >= 0.6 is 11.6 Å². The van der Waals surface area contributed by atoms with Crippen LogP contribution in [0.5, 0.6) is 5.75 Å². The van der Waals surface area contributed by atoms with Crippen molar-refractivity contribution in [2.24, 2.45) is 0 Å². The van der Waals surface area contributed by atoms with Crippen molar-refractivity contribution >= 4 is 11.6 Å². The fourth-order valence-corrected chi connectivity index (χ4v) is 1.07. The van der Waals surface area contributed by atoms with E-state index in [2.05, 4.69) is 0 Å². The number of alkyl halides is 1. The van der Waals surface area contributed by atoms with Crippen molar-refractivity contribution in [3.63, 3.8) is 0 Å².